The highest BCUT2D eigenvalue weighted by Gasteiger charge is 2.21. The number of imidazole rings is 1. The van der Waals surface area contributed by atoms with Gasteiger partial charge in [-0.1, -0.05) is 13.3 Å². The van der Waals surface area contributed by atoms with Crippen LogP contribution in [-0.4, -0.2) is 59.9 Å². The van der Waals surface area contributed by atoms with E-state index in [9.17, 15) is 13.2 Å². The van der Waals surface area contributed by atoms with Gasteiger partial charge in [0.2, 0.25) is 15.9 Å². The topological polar surface area (TPSA) is 102 Å². The number of hydrogen-bond acceptors (Lipinski definition) is 5. The number of piperazine rings is 1. The first-order valence-electron chi connectivity index (χ1n) is 9.29. The van der Waals surface area contributed by atoms with Gasteiger partial charge in [0.25, 0.3) is 0 Å². The van der Waals surface area contributed by atoms with Gasteiger partial charge in [0.05, 0.1) is 22.5 Å². The third-order valence-corrected chi connectivity index (χ3v) is 5.96. The molecule has 0 aliphatic carbocycles. The van der Waals surface area contributed by atoms with E-state index in [1.807, 2.05) is 4.90 Å². The summed E-state index contributed by atoms with van der Waals surface area (Å²) in [6.45, 7) is 8.30. The van der Waals surface area contributed by atoms with Gasteiger partial charge < -0.3 is 9.47 Å². The molecule has 27 heavy (non-hydrogen) atoms. The first kappa shape index (κ1) is 19.8. The summed E-state index contributed by atoms with van der Waals surface area (Å²) in [4.78, 5) is 20.4. The summed E-state index contributed by atoms with van der Waals surface area (Å²) in [5.41, 5.74) is 1.57. The predicted octanol–water partition coefficient (Wildman–Crippen LogP) is 1.15. The molecule has 1 amide bonds. The van der Waals surface area contributed by atoms with Crippen LogP contribution in [0.2, 0.25) is 0 Å². The number of aromatic nitrogens is 2. The quantitative estimate of drug-likeness (QED) is 0.793. The second kappa shape index (κ2) is 7.95. The molecule has 1 saturated heterocycles. The molecule has 0 bridgehead atoms. The summed E-state index contributed by atoms with van der Waals surface area (Å²) in [6, 6.07) is 4.87. The monoisotopic (exact) mass is 393 g/mol. The number of carbonyl (C=O) groups excluding carboxylic acids is 1. The second-order valence-corrected chi connectivity index (χ2v) is 8.57. The number of unbranched alkanes of at least 4 members (excludes halogenated alkanes) is 1. The third kappa shape index (κ3) is 4.48. The molecule has 8 nitrogen and oxygen atoms in total. The lowest BCUT2D eigenvalue weighted by atomic mass is 10.3. The predicted molar refractivity (Wildman–Crippen MR) is 104 cm³/mol. The molecule has 1 aliphatic rings. The Labute approximate surface area is 160 Å². The highest BCUT2D eigenvalue weighted by molar-refractivity contribution is 7.89. The van der Waals surface area contributed by atoms with Crippen LogP contribution < -0.4 is 5.14 Å². The minimum atomic E-state index is -3.75. The van der Waals surface area contributed by atoms with Crippen molar-refractivity contribution in [1.82, 2.24) is 19.4 Å². The van der Waals surface area contributed by atoms with Gasteiger partial charge in [-0.25, -0.2) is 18.5 Å². The average Bonchev–Trinajstić information content (AvgIpc) is 2.96. The molecule has 9 heteroatoms. The van der Waals surface area contributed by atoms with Gasteiger partial charge in [0.15, 0.2) is 0 Å². The maximum absolute atomic E-state index is 11.6. The number of primary sulfonamides is 1. The van der Waals surface area contributed by atoms with E-state index in [-0.39, 0.29) is 10.8 Å². The van der Waals surface area contributed by atoms with Crippen LogP contribution in [-0.2, 0) is 27.9 Å². The fourth-order valence-corrected chi connectivity index (χ4v) is 3.98. The second-order valence-electron chi connectivity index (χ2n) is 7.01. The average molecular weight is 394 g/mol. The number of benzene rings is 1. The van der Waals surface area contributed by atoms with Crippen LogP contribution in [0.15, 0.2) is 23.1 Å². The van der Waals surface area contributed by atoms with Crippen molar-refractivity contribution in [2.24, 2.45) is 5.14 Å². The van der Waals surface area contributed by atoms with Crippen molar-refractivity contribution in [2.45, 2.75) is 44.7 Å². The Morgan fingerprint density at radius 1 is 1.22 bits per heavy atom. The van der Waals surface area contributed by atoms with E-state index in [0.29, 0.717) is 12.1 Å². The Kier molecular flexibility index (Phi) is 5.83. The van der Waals surface area contributed by atoms with Crippen LogP contribution in [0, 0.1) is 0 Å². The van der Waals surface area contributed by atoms with Gasteiger partial charge in [-0.15, -0.1) is 0 Å². The highest BCUT2D eigenvalue weighted by atomic mass is 32.2. The number of carbonyl (C=O) groups is 1. The van der Waals surface area contributed by atoms with Gasteiger partial charge in [-0.2, -0.15) is 0 Å². The van der Waals surface area contributed by atoms with Gasteiger partial charge in [-0.05, 0) is 24.6 Å². The number of nitrogens with two attached hydrogens (primary N) is 1. The Morgan fingerprint density at radius 2 is 1.93 bits per heavy atom. The fourth-order valence-electron chi connectivity index (χ4n) is 3.44. The number of hydrogen-bond donors (Lipinski definition) is 1. The minimum absolute atomic E-state index is 0.0803. The van der Waals surface area contributed by atoms with Crippen molar-refractivity contribution in [3.05, 3.63) is 24.0 Å². The van der Waals surface area contributed by atoms with Crippen LogP contribution in [0.1, 0.15) is 32.5 Å². The van der Waals surface area contributed by atoms with Crippen molar-refractivity contribution in [2.75, 3.05) is 26.2 Å². The third-order valence-electron chi connectivity index (χ3n) is 5.05. The maximum Gasteiger partial charge on any atom is 0.238 e. The summed E-state index contributed by atoms with van der Waals surface area (Å²) in [6.07, 6.45) is 2.08. The SMILES string of the molecule is CCCCn1c(CN2CCN(C(C)=O)CC2)nc2cc(S(N)(=O)=O)ccc21. The molecule has 148 valence electrons. The van der Waals surface area contributed by atoms with Gasteiger partial charge in [0, 0.05) is 39.6 Å². The largest absolute Gasteiger partial charge is 0.340 e. The number of sulfonamides is 1. The number of nitrogens with zero attached hydrogens (tertiary/aromatic N) is 4. The molecule has 0 radical (unpaired) electrons. The van der Waals surface area contributed by atoms with Gasteiger partial charge in [0.1, 0.15) is 5.82 Å². The molecule has 0 unspecified atom stereocenters. The standard InChI is InChI=1S/C18H27N5O3S/c1-3-4-7-23-17-6-5-15(27(19,25)26)12-16(17)20-18(23)13-21-8-10-22(11-9-21)14(2)24/h5-6,12H,3-4,7-11,13H2,1-2H3,(H2,19,25,26). The molecule has 0 spiro atoms. The van der Waals surface area contributed by atoms with Crippen molar-refractivity contribution in [3.63, 3.8) is 0 Å². The lowest BCUT2D eigenvalue weighted by Gasteiger charge is -2.34. The summed E-state index contributed by atoms with van der Waals surface area (Å²) in [5.74, 6) is 1.03. The van der Waals surface area contributed by atoms with E-state index in [0.717, 1.165) is 56.9 Å². The molecule has 0 atom stereocenters. The first-order valence-corrected chi connectivity index (χ1v) is 10.8. The molecular formula is C18H27N5O3S. The molecule has 1 aliphatic heterocycles. The zero-order chi connectivity index (χ0) is 19.6. The molecule has 2 N–H and O–H groups in total. The molecule has 3 rings (SSSR count). The zero-order valence-electron chi connectivity index (χ0n) is 15.9. The van der Waals surface area contributed by atoms with Crippen molar-refractivity contribution in [3.8, 4) is 0 Å². The molecule has 2 aromatic rings. The Morgan fingerprint density at radius 3 is 2.52 bits per heavy atom. The number of aryl methyl sites for hydroxylation is 1. The molecule has 1 aromatic carbocycles. The summed E-state index contributed by atoms with van der Waals surface area (Å²) < 4.78 is 25.5. The lowest BCUT2D eigenvalue weighted by Crippen LogP contribution is -2.47. The molecule has 2 heterocycles. The van der Waals surface area contributed by atoms with Crippen LogP contribution >= 0.6 is 0 Å². The number of fused-ring (bicyclic) bond motifs is 1. The van der Waals surface area contributed by atoms with Crippen LogP contribution in [0.4, 0.5) is 0 Å². The minimum Gasteiger partial charge on any atom is -0.340 e. The number of amides is 1. The van der Waals surface area contributed by atoms with Crippen molar-refractivity contribution < 1.29 is 13.2 Å². The summed E-state index contributed by atoms with van der Waals surface area (Å²) in [7, 11) is -3.75. The maximum atomic E-state index is 11.6. The Hall–Kier alpha value is -1.97. The van der Waals surface area contributed by atoms with Crippen molar-refractivity contribution >= 4 is 27.0 Å². The van der Waals surface area contributed by atoms with Crippen LogP contribution in [0.25, 0.3) is 11.0 Å². The summed E-state index contributed by atoms with van der Waals surface area (Å²) in [5, 5.41) is 5.26. The lowest BCUT2D eigenvalue weighted by molar-refractivity contribution is -0.130. The highest BCUT2D eigenvalue weighted by Crippen LogP contribution is 2.22. The smallest absolute Gasteiger partial charge is 0.238 e. The van der Waals surface area contributed by atoms with E-state index < -0.39 is 10.0 Å². The zero-order valence-corrected chi connectivity index (χ0v) is 16.7. The Balaban J connectivity index is 1.87. The van der Waals surface area contributed by atoms with Crippen molar-refractivity contribution in [1.29, 1.82) is 0 Å². The number of rotatable bonds is 6. The first-order chi connectivity index (χ1) is 12.8. The van der Waals surface area contributed by atoms with Crippen LogP contribution in [0.3, 0.4) is 0 Å². The summed E-state index contributed by atoms with van der Waals surface area (Å²) >= 11 is 0. The molecular weight excluding hydrogens is 366 g/mol. The van der Waals surface area contributed by atoms with E-state index in [1.54, 1.807) is 19.1 Å². The van der Waals surface area contributed by atoms with E-state index >= 15 is 0 Å². The molecule has 1 fully saturated rings. The normalized spacial score (nSPS) is 16.2. The van der Waals surface area contributed by atoms with E-state index in [1.165, 1.54) is 6.07 Å². The van der Waals surface area contributed by atoms with E-state index in [4.69, 9.17) is 10.1 Å². The molecule has 0 saturated carbocycles. The van der Waals surface area contributed by atoms with Crippen LogP contribution in [0.5, 0.6) is 0 Å². The van der Waals surface area contributed by atoms with E-state index in [2.05, 4.69) is 16.4 Å². The van der Waals surface area contributed by atoms with Gasteiger partial charge in [-0.3, -0.25) is 9.69 Å². The fraction of sp³-hybridized carbons (Fsp3) is 0.556. The van der Waals surface area contributed by atoms with Gasteiger partial charge >= 0.3 is 0 Å². The Bertz CT molecular complexity index is 930. The molecule has 1 aromatic heterocycles.